The lowest BCUT2D eigenvalue weighted by molar-refractivity contribution is 0.0997. The zero-order valence-electron chi connectivity index (χ0n) is 15.4. The monoisotopic (exact) mass is 386 g/mol. The van der Waals surface area contributed by atoms with Crippen LogP contribution in [0.1, 0.15) is 21.5 Å². The molecule has 6 heteroatoms. The molecule has 3 aromatic rings. The topological polar surface area (TPSA) is 43.6 Å². The Morgan fingerprint density at radius 1 is 1.23 bits per heavy atom. The maximum Gasteiger partial charge on any atom is 0.279 e. The predicted molar refractivity (Wildman–Crippen MR) is 109 cm³/mol. The molecule has 0 aliphatic carbocycles. The first-order valence-corrected chi connectivity index (χ1v) is 10.4. The minimum atomic E-state index is -0.214. The maximum absolute atomic E-state index is 12.7. The van der Waals surface area contributed by atoms with E-state index in [1.807, 2.05) is 30.5 Å². The lowest BCUT2D eigenvalue weighted by Crippen LogP contribution is -2.19. The molecule has 0 spiro atoms. The Bertz CT molecular complexity index is 1020. The summed E-state index contributed by atoms with van der Waals surface area (Å²) < 4.78 is 8.53. The number of hydrogen-bond donors (Lipinski definition) is 0. The van der Waals surface area contributed by atoms with Gasteiger partial charge in [0, 0.05) is 24.1 Å². The molecule has 0 aliphatic heterocycles. The molecule has 0 aliphatic rings. The zero-order chi connectivity index (χ0) is 18.7. The number of amides is 1. The molecule has 0 atom stereocenters. The summed E-state index contributed by atoms with van der Waals surface area (Å²) in [6.45, 7) is 5.41. The van der Waals surface area contributed by atoms with Gasteiger partial charge in [-0.2, -0.15) is 4.99 Å². The van der Waals surface area contributed by atoms with Gasteiger partial charge in [-0.05, 0) is 49.4 Å². The highest BCUT2D eigenvalue weighted by Gasteiger charge is 2.13. The minimum absolute atomic E-state index is 0.214. The fourth-order valence-electron chi connectivity index (χ4n) is 2.86. The van der Waals surface area contributed by atoms with Crippen molar-refractivity contribution in [2.75, 3.05) is 20.0 Å². The van der Waals surface area contributed by atoms with E-state index in [0.29, 0.717) is 23.5 Å². The lowest BCUT2D eigenvalue weighted by Gasteiger charge is -2.07. The summed E-state index contributed by atoms with van der Waals surface area (Å²) >= 11 is 3.18. The van der Waals surface area contributed by atoms with E-state index in [2.05, 4.69) is 35.5 Å². The standard InChI is InChI=1S/C20H22N2O2S2/c1-13-8-9-14(2)18-17(13)22(10-11-24-3)20(26-18)21-19(23)15-6-5-7-16(12-15)25-4/h5-9,12H,10-11H2,1-4H3. The summed E-state index contributed by atoms with van der Waals surface area (Å²) in [6.07, 6.45) is 2.00. The molecule has 136 valence electrons. The van der Waals surface area contributed by atoms with E-state index in [0.717, 1.165) is 10.4 Å². The number of ether oxygens (including phenoxy) is 1. The molecule has 1 heterocycles. The fraction of sp³-hybridized carbons (Fsp3) is 0.300. The number of aromatic nitrogens is 1. The predicted octanol–water partition coefficient (Wildman–Crippen LogP) is 4.43. The highest BCUT2D eigenvalue weighted by molar-refractivity contribution is 7.98. The summed E-state index contributed by atoms with van der Waals surface area (Å²) in [4.78, 5) is 19.0. The number of nitrogens with zero attached hydrogens (tertiary/aromatic N) is 2. The van der Waals surface area contributed by atoms with E-state index < -0.39 is 0 Å². The first-order valence-electron chi connectivity index (χ1n) is 8.36. The van der Waals surface area contributed by atoms with Gasteiger partial charge >= 0.3 is 0 Å². The Hall–Kier alpha value is -1.89. The van der Waals surface area contributed by atoms with Crippen LogP contribution in [0.2, 0.25) is 0 Å². The van der Waals surface area contributed by atoms with Crippen LogP contribution in [0.5, 0.6) is 0 Å². The van der Waals surface area contributed by atoms with E-state index in [9.17, 15) is 4.79 Å². The van der Waals surface area contributed by atoms with Gasteiger partial charge < -0.3 is 9.30 Å². The second-order valence-electron chi connectivity index (χ2n) is 6.06. The van der Waals surface area contributed by atoms with Gasteiger partial charge in [-0.25, -0.2) is 0 Å². The van der Waals surface area contributed by atoms with Crippen LogP contribution >= 0.6 is 23.1 Å². The van der Waals surface area contributed by atoms with Crippen molar-refractivity contribution < 1.29 is 9.53 Å². The summed E-state index contributed by atoms with van der Waals surface area (Å²) in [6, 6.07) is 11.8. The van der Waals surface area contributed by atoms with Gasteiger partial charge in [0.1, 0.15) is 0 Å². The van der Waals surface area contributed by atoms with Crippen LogP contribution in [-0.4, -0.2) is 30.4 Å². The normalized spacial score (nSPS) is 12.1. The van der Waals surface area contributed by atoms with Gasteiger partial charge in [-0.1, -0.05) is 29.5 Å². The van der Waals surface area contributed by atoms with Crippen LogP contribution in [0.25, 0.3) is 10.2 Å². The van der Waals surface area contributed by atoms with Gasteiger partial charge in [-0.3, -0.25) is 4.79 Å². The van der Waals surface area contributed by atoms with E-state index in [1.165, 1.54) is 15.8 Å². The third-order valence-electron chi connectivity index (χ3n) is 4.26. The Morgan fingerprint density at radius 3 is 2.73 bits per heavy atom. The molecule has 1 amide bonds. The summed E-state index contributed by atoms with van der Waals surface area (Å²) in [7, 11) is 1.68. The Balaban J connectivity index is 2.16. The largest absolute Gasteiger partial charge is 0.383 e. The Morgan fingerprint density at radius 2 is 2.00 bits per heavy atom. The van der Waals surface area contributed by atoms with Crippen molar-refractivity contribution in [3.63, 3.8) is 0 Å². The van der Waals surface area contributed by atoms with Crippen molar-refractivity contribution >= 4 is 39.2 Å². The SMILES string of the molecule is COCCn1c(=NC(=O)c2cccc(SC)c2)sc2c(C)ccc(C)c21. The van der Waals surface area contributed by atoms with E-state index in [4.69, 9.17) is 4.74 Å². The van der Waals surface area contributed by atoms with Crippen LogP contribution in [-0.2, 0) is 11.3 Å². The molecule has 3 rings (SSSR count). The molecule has 0 bridgehead atoms. The molecule has 26 heavy (non-hydrogen) atoms. The second kappa shape index (κ2) is 8.20. The van der Waals surface area contributed by atoms with E-state index in [1.54, 1.807) is 30.2 Å². The van der Waals surface area contributed by atoms with Gasteiger partial charge in [0.2, 0.25) is 0 Å². The third kappa shape index (κ3) is 3.77. The Kier molecular flexibility index (Phi) is 5.96. The number of aryl methyl sites for hydroxylation is 2. The molecular weight excluding hydrogens is 364 g/mol. The lowest BCUT2D eigenvalue weighted by atomic mass is 10.1. The summed E-state index contributed by atoms with van der Waals surface area (Å²) in [5, 5.41) is 0. The van der Waals surface area contributed by atoms with Crippen LogP contribution in [0, 0.1) is 13.8 Å². The average molecular weight is 387 g/mol. The average Bonchev–Trinajstić information content (AvgIpc) is 3.02. The van der Waals surface area contributed by atoms with Crippen LogP contribution in [0.3, 0.4) is 0 Å². The highest BCUT2D eigenvalue weighted by atomic mass is 32.2. The van der Waals surface area contributed by atoms with Crippen molar-refractivity contribution in [3.05, 3.63) is 57.9 Å². The second-order valence-corrected chi connectivity index (χ2v) is 7.91. The van der Waals surface area contributed by atoms with Crippen molar-refractivity contribution in [2.24, 2.45) is 4.99 Å². The third-order valence-corrected chi connectivity index (χ3v) is 6.20. The van der Waals surface area contributed by atoms with Crippen LogP contribution in [0.4, 0.5) is 0 Å². The number of carbonyl (C=O) groups excluding carboxylic acids is 1. The molecule has 4 nitrogen and oxygen atoms in total. The molecule has 0 saturated carbocycles. The molecule has 0 radical (unpaired) electrons. The summed E-state index contributed by atoms with van der Waals surface area (Å²) in [5.41, 5.74) is 4.12. The number of hydrogen-bond acceptors (Lipinski definition) is 4. The minimum Gasteiger partial charge on any atom is -0.383 e. The number of fused-ring (bicyclic) bond motifs is 1. The number of benzene rings is 2. The fourth-order valence-corrected chi connectivity index (χ4v) is 4.52. The van der Waals surface area contributed by atoms with Crippen LogP contribution in [0.15, 0.2) is 46.3 Å². The quantitative estimate of drug-likeness (QED) is 0.609. The number of thioether (sulfide) groups is 1. The zero-order valence-corrected chi connectivity index (χ0v) is 17.0. The number of rotatable bonds is 5. The Labute approximate surface area is 161 Å². The van der Waals surface area contributed by atoms with Crippen molar-refractivity contribution in [2.45, 2.75) is 25.3 Å². The molecular formula is C20H22N2O2S2. The van der Waals surface area contributed by atoms with E-state index >= 15 is 0 Å². The highest BCUT2D eigenvalue weighted by Crippen LogP contribution is 2.25. The van der Waals surface area contributed by atoms with E-state index in [-0.39, 0.29) is 5.91 Å². The summed E-state index contributed by atoms with van der Waals surface area (Å²) in [5.74, 6) is -0.214. The number of methoxy groups -OCH3 is 1. The van der Waals surface area contributed by atoms with Gasteiger partial charge in [0.05, 0.1) is 16.8 Å². The molecule has 1 aromatic heterocycles. The van der Waals surface area contributed by atoms with Crippen molar-refractivity contribution in [1.82, 2.24) is 4.57 Å². The number of carbonyl (C=O) groups is 1. The molecule has 0 unspecified atom stereocenters. The molecule has 0 fully saturated rings. The van der Waals surface area contributed by atoms with Crippen molar-refractivity contribution in [1.29, 1.82) is 0 Å². The molecule has 2 aromatic carbocycles. The smallest absolute Gasteiger partial charge is 0.279 e. The van der Waals surface area contributed by atoms with Gasteiger partial charge in [-0.15, -0.1) is 11.8 Å². The molecule has 0 saturated heterocycles. The van der Waals surface area contributed by atoms with Gasteiger partial charge in [0.15, 0.2) is 4.80 Å². The van der Waals surface area contributed by atoms with Gasteiger partial charge in [0.25, 0.3) is 5.91 Å². The first kappa shape index (κ1) is 18.9. The maximum atomic E-state index is 12.7. The van der Waals surface area contributed by atoms with Crippen molar-refractivity contribution in [3.8, 4) is 0 Å². The van der Waals surface area contributed by atoms with Crippen LogP contribution < -0.4 is 4.80 Å². The molecule has 0 N–H and O–H groups in total. The number of thiazole rings is 1. The first-order chi connectivity index (χ1) is 12.5.